The molecule has 3 N–H and O–H groups in total. The molecule has 22 heteroatoms. The highest BCUT2D eigenvalue weighted by Gasteiger charge is 2.42. The summed E-state index contributed by atoms with van der Waals surface area (Å²) in [6, 6.07) is 16.2. The van der Waals surface area contributed by atoms with Crippen LogP contribution in [-0.4, -0.2) is 124 Å². The van der Waals surface area contributed by atoms with E-state index in [0.717, 1.165) is 17.1 Å². The predicted octanol–water partition coefficient (Wildman–Crippen LogP) is 3.20. The van der Waals surface area contributed by atoms with Crippen molar-refractivity contribution in [3.63, 3.8) is 0 Å². The fourth-order valence-corrected chi connectivity index (χ4v) is 7.15. The van der Waals surface area contributed by atoms with Crippen molar-refractivity contribution in [3.05, 3.63) is 120 Å². The Labute approximate surface area is 375 Å². The van der Waals surface area contributed by atoms with Gasteiger partial charge in [0.15, 0.2) is 0 Å². The molecule has 0 saturated carbocycles. The minimum Gasteiger partial charge on any atom is -0.462 e. The van der Waals surface area contributed by atoms with Crippen LogP contribution in [0, 0.1) is 0 Å². The molecule has 3 amide bonds. The summed E-state index contributed by atoms with van der Waals surface area (Å²) in [5, 5.41) is 7.46. The summed E-state index contributed by atoms with van der Waals surface area (Å²) in [5.74, 6) is -2.87. The highest BCUT2D eigenvalue weighted by molar-refractivity contribution is 7.48. The lowest BCUT2D eigenvalue weighted by Gasteiger charge is -2.25. The van der Waals surface area contributed by atoms with Gasteiger partial charge in [0, 0.05) is 33.1 Å². The molecule has 1 fully saturated rings. The normalized spacial score (nSPS) is 17.4. The van der Waals surface area contributed by atoms with Crippen LogP contribution in [0.4, 0.5) is 10.6 Å². The lowest BCUT2D eigenvalue weighted by Crippen LogP contribution is -2.54. The first-order chi connectivity index (χ1) is 31.3. The average Bonchev–Trinajstić information content (AvgIpc) is 3.68. The first-order valence-corrected chi connectivity index (χ1v) is 21.8. The van der Waals surface area contributed by atoms with E-state index in [-0.39, 0.29) is 58.1 Å². The summed E-state index contributed by atoms with van der Waals surface area (Å²) >= 11 is 0. The zero-order valence-corrected chi connectivity index (χ0v) is 36.9. The maximum Gasteiger partial charge on any atom is 0.475 e. The van der Waals surface area contributed by atoms with Crippen LogP contribution in [0.1, 0.15) is 30.7 Å². The predicted molar refractivity (Wildman–Crippen MR) is 231 cm³/mol. The van der Waals surface area contributed by atoms with E-state index in [1.807, 2.05) is 6.07 Å². The first-order valence-electron chi connectivity index (χ1n) is 20.3. The molecule has 4 rings (SSSR count). The molecule has 65 heavy (non-hydrogen) atoms. The summed E-state index contributed by atoms with van der Waals surface area (Å²) < 4.78 is 64.0. The molecule has 2 heterocycles. The van der Waals surface area contributed by atoms with Gasteiger partial charge in [-0.1, -0.05) is 79.4 Å². The zero-order valence-electron chi connectivity index (χ0n) is 36.0. The molecule has 0 spiro atoms. The van der Waals surface area contributed by atoms with Crippen molar-refractivity contribution in [3.8, 4) is 0 Å². The number of ether oxygens (including phenoxy) is 6. The van der Waals surface area contributed by atoms with E-state index >= 15 is 0 Å². The summed E-state index contributed by atoms with van der Waals surface area (Å²) in [7, 11) is -3.19. The number of esters is 2. The van der Waals surface area contributed by atoms with Crippen LogP contribution in [0.3, 0.4) is 0 Å². The number of methoxy groups -OCH3 is 1. The molecule has 0 radical (unpaired) electrons. The van der Waals surface area contributed by atoms with Gasteiger partial charge < -0.3 is 44.4 Å². The molecule has 1 aromatic heterocycles. The second-order valence-electron chi connectivity index (χ2n) is 14.0. The van der Waals surface area contributed by atoms with E-state index in [0.29, 0.717) is 12.2 Å². The smallest absolute Gasteiger partial charge is 0.462 e. The van der Waals surface area contributed by atoms with E-state index in [9.17, 15) is 33.3 Å². The number of phosphoric ester groups is 1. The molecule has 1 aliphatic rings. The number of amides is 3. The van der Waals surface area contributed by atoms with Gasteiger partial charge in [-0.05, 0) is 17.2 Å². The van der Waals surface area contributed by atoms with Crippen molar-refractivity contribution >= 4 is 43.5 Å². The largest absolute Gasteiger partial charge is 0.475 e. The fourth-order valence-electron chi connectivity index (χ4n) is 5.98. The van der Waals surface area contributed by atoms with Crippen LogP contribution in [0.25, 0.3) is 0 Å². The fraction of sp³-hybridized carbons (Fsp3) is 0.419. The van der Waals surface area contributed by atoms with Gasteiger partial charge in [-0.3, -0.25) is 32.5 Å². The standard InChI is InChI=1S/C43H54N5O16P/c1-5-19-59-43(54)45-34(40(51)44-33(25-31-13-9-7-10-14-31)41(52)58-24-23-57-22-21-56-4)28-61-65(55,60-20-6-2)62-29-36-35(63-30(3)49)27-39(64-36)48-18-17-37(47-42(48)53)46-38(50)26-32-15-11-8-12-16-32/h5-18,33-36,39H,1-2,19-29H2,3-4H3,(H,44,51)(H,45,54)(H,46,47,50,53)/t33-,34-,35-,36+,39+,65?/m0/s1. The lowest BCUT2D eigenvalue weighted by molar-refractivity contribution is -0.150. The number of hydrogen-bond acceptors (Lipinski definition) is 17. The van der Waals surface area contributed by atoms with Crippen LogP contribution in [0.2, 0.25) is 0 Å². The minimum absolute atomic E-state index is 0.000613. The number of hydrogen-bond donors (Lipinski definition) is 3. The topological polar surface area (TPSA) is 256 Å². The van der Waals surface area contributed by atoms with Crippen molar-refractivity contribution in [2.75, 3.05) is 65.3 Å². The molecule has 1 unspecified atom stereocenters. The number of rotatable bonds is 28. The summed E-state index contributed by atoms with van der Waals surface area (Å²) in [5.41, 5.74) is 0.628. The van der Waals surface area contributed by atoms with Gasteiger partial charge >= 0.3 is 31.5 Å². The second kappa shape index (κ2) is 27.3. The van der Waals surface area contributed by atoms with Crippen LogP contribution >= 0.6 is 7.82 Å². The van der Waals surface area contributed by atoms with Crippen LogP contribution in [0.5, 0.6) is 0 Å². The van der Waals surface area contributed by atoms with Crippen molar-refractivity contribution < 1.29 is 70.5 Å². The summed E-state index contributed by atoms with van der Waals surface area (Å²) in [4.78, 5) is 81.6. The number of phosphoric acid groups is 1. The molecule has 6 atom stereocenters. The van der Waals surface area contributed by atoms with Gasteiger partial charge in [-0.25, -0.2) is 18.9 Å². The summed E-state index contributed by atoms with van der Waals surface area (Å²) in [6.45, 7) is 6.65. The minimum atomic E-state index is -4.70. The number of aromatic nitrogens is 2. The van der Waals surface area contributed by atoms with Crippen molar-refractivity contribution in [2.45, 2.75) is 56.7 Å². The molecule has 0 aliphatic carbocycles. The van der Waals surface area contributed by atoms with Crippen molar-refractivity contribution in [1.29, 1.82) is 0 Å². The Kier molecular flexibility index (Phi) is 21.7. The molecule has 1 aliphatic heterocycles. The maximum absolute atomic E-state index is 14.1. The average molecular weight is 928 g/mol. The van der Waals surface area contributed by atoms with Crippen molar-refractivity contribution in [2.24, 2.45) is 0 Å². The number of anilines is 1. The molecule has 3 aromatic rings. The lowest BCUT2D eigenvalue weighted by atomic mass is 10.1. The number of carbonyl (C=O) groups excluding carboxylic acids is 5. The third kappa shape index (κ3) is 18.2. The monoisotopic (exact) mass is 927 g/mol. The van der Waals surface area contributed by atoms with Crippen LogP contribution in [-0.2, 0) is 78.6 Å². The number of benzene rings is 2. The molecular weight excluding hydrogens is 873 g/mol. The van der Waals surface area contributed by atoms with Gasteiger partial charge in [0.25, 0.3) is 0 Å². The number of nitrogens with zero attached hydrogens (tertiary/aromatic N) is 2. The first kappa shape index (κ1) is 51.6. The van der Waals surface area contributed by atoms with Gasteiger partial charge in [0.05, 0.1) is 46.1 Å². The molecular formula is C43H54N5O16P. The summed E-state index contributed by atoms with van der Waals surface area (Å²) in [6.07, 6.45) is -0.510. The molecule has 2 aromatic carbocycles. The Morgan fingerprint density at radius 3 is 2.23 bits per heavy atom. The van der Waals surface area contributed by atoms with E-state index < -0.39 is 87.1 Å². The number of alkyl carbamates (subject to hydrolysis) is 1. The van der Waals surface area contributed by atoms with Crippen LogP contribution < -0.4 is 21.6 Å². The van der Waals surface area contributed by atoms with Gasteiger partial charge in [0.2, 0.25) is 11.8 Å². The van der Waals surface area contributed by atoms with Gasteiger partial charge in [-0.2, -0.15) is 4.98 Å². The number of carbonyl (C=O) groups is 5. The quantitative estimate of drug-likeness (QED) is 0.0311. The SMILES string of the molecule is C=CCOC(=O)N[C@@H](COP(=O)(OCC=C)OC[C@H]1O[C@@H](n2ccc(NC(=O)Cc3ccccc3)nc2=O)C[C@@H]1OC(C)=O)C(=O)N[C@@H](Cc1ccccc1)C(=O)OCCOCCOC. The Morgan fingerprint density at radius 1 is 0.877 bits per heavy atom. The van der Waals surface area contributed by atoms with E-state index in [1.165, 1.54) is 31.5 Å². The maximum atomic E-state index is 14.1. The molecule has 1 saturated heterocycles. The third-order valence-electron chi connectivity index (χ3n) is 8.99. The van der Waals surface area contributed by atoms with E-state index in [1.54, 1.807) is 54.6 Å². The van der Waals surface area contributed by atoms with E-state index in [2.05, 4.69) is 34.1 Å². The Bertz CT molecular complexity index is 2140. The molecule has 21 nitrogen and oxygen atoms in total. The molecule has 352 valence electrons. The second-order valence-corrected chi connectivity index (χ2v) is 15.6. The highest BCUT2D eigenvalue weighted by atomic mass is 31.2. The Hall–Kier alpha value is -6.06. The van der Waals surface area contributed by atoms with E-state index in [4.69, 9.17) is 42.0 Å². The van der Waals surface area contributed by atoms with Gasteiger partial charge in [0.1, 0.15) is 49.6 Å². The zero-order chi connectivity index (χ0) is 47.0. The third-order valence-corrected chi connectivity index (χ3v) is 10.4. The van der Waals surface area contributed by atoms with Crippen LogP contribution in [0.15, 0.2) is 103 Å². The van der Waals surface area contributed by atoms with Crippen molar-refractivity contribution in [1.82, 2.24) is 20.2 Å². The Morgan fingerprint density at radius 2 is 1.57 bits per heavy atom. The molecule has 0 bridgehead atoms. The highest BCUT2D eigenvalue weighted by Crippen LogP contribution is 2.50. The van der Waals surface area contributed by atoms with Gasteiger partial charge in [-0.15, -0.1) is 6.58 Å². The Balaban J connectivity index is 1.47. The number of nitrogens with one attached hydrogen (secondary N) is 3.